The smallest absolute Gasteiger partial charge is 0.134 e. The highest BCUT2D eigenvalue weighted by Crippen LogP contribution is 2.20. The largest absolute Gasteiger partial charge is 0.377 e. The highest BCUT2D eigenvalue weighted by molar-refractivity contribution is 7.71. The van der Waals surface area contributed by atoms with E-state index in [0.717, 1.165) is 23.3 Å². The maximum absolute atomic E-state index is 5.19. The zero-order chi connectivity index (χ0) is 9.26. The number of methoxy groups -OCH3 is 1. The maximum atomic E-state index is 5.19. The Morgan fingerprint density at radius 3 is 3.15 bits per heavy atom. The van der Waals surface area contributed by atoms with Gasteiger partial charge < -0.3 is 9.72 Å². The SMILES string of the molecule is COCc1nc(=S)c2c([nH]1)CCC2. The minimum Gasteiger partial charge on any atom is -0.377 e. The molecular weight excluding hydrogens is 184 g/mol. The number of aromatic amines is 1. The Kier molecular flexibility index (Phi) is 2.42. The Labute approximate surface area is 82.2 Å². The Balaban J connectivity index is 2.44. The molecule has 70 valence electrons. The molecule has 4 heteroatoms. The molecule has 1 aromatic rings. The van der Waals surface area contributed by atoms with Crippen LogP contribution in [0.3, 0.4) is 0 Å². The molecule has 0 radical (unpaired) electrons. The number of hydrogen-bond acceptors (Lipinski definition) is 3. The first-order valence-corrected chi connectivity index (χ1v) is 4.82. The summed E-state index contributed by atoms with van der Waals surface area (Å²) in [6, 6.07) is 0. The summed E-state index contributed by atoms with van der Waals surface area (Å²) in [7, 11) is 1.66. The molecular formula is C9H12N2OS. The van der Waals surface area contributed by atoms with Gasteiger partial charge in [0.05, 0.1) is 0 Å². The van der Waals surface area contributed by atoms with Gasteiger partial charge in [-0.2, -0.15) is 0 Å². The van der Waals surface area contributed by atoms with Crippen LogP contribution in [-0.2, 0) is 24.2 Å². The fourth-order valence-electron chi connectivity index (χ4n) is 1.71. The van der Waals surface area contributed by atoms with Crippen molar-refractivity contribution >= 4 is 12.2 Å². The van der Waals surface area contributed by atoms with Gasteiger partial charge in [-0.3, -0.25) is 0 Å². The third kappa shape index (κ3) is 1.64. The van der Waals surface area contributed by atoms with Gasteiger partial charge in [-0.15, -0.1) is 0 Å². The number of nitrogens with one attached hydrogen (secondary N) is 1. The molecule has 3 nitrogen and oxygen atoms in total. The lowest BCUT2D eigenvalue weighted by molar-refractivity contribution is 0.177. The van der Waals surface area contributed by atoms with E-state index in [1.54, 1.807) is 7.11 Å². The molecule has 0 saturated carbocycles. The summed E-state index contributed by atoms with van der Waals surface area (Å²) in [5.74, 6) is 0.841. The summed E-state index contributed by atoms with van der Waals surface area (Å²) in [6.45, 7) is 0.511. The number of hydrogen-bond donors (Lipinski definition) is 1. The van der Waals surface area contributed by atoms with Crippen molar-refractivity contribution in [2.24, 2.45) is 0 Å². The minimum absolute atomic E-state index is 0.511. The van der Waals surface area contributed by atoms with Crippen molar-refractivity contribution in [1.29, 1.82) is 0 Å². The van der Waals surface area contributed by atoms with E-state index in [1.165, 1.54) is 17.7 Å². The van der Waals surface area contributed by atoms with Gasteiger partial charge in [-0.1, -0.05) is 12.2 Å². The summed E-state index contributed by atoms with van der Waals surface area (Å²) in [4.78, 5) is 7.53. The molecule has 1 aliphatic carbocycles. The van der Waals surface area contributed by atoms with E-state index in [1.807, 2.05) is 0 Å². The molecule has 0 spiro atoms. The molecule has 0 unspecified atom stereocenters. The predicted octanol–water partition coefficient (Wildman–Crippen LogP) is 1.77. The number of fused-ring (bicyclic) bond motifs is 1. The lowest BCUT2D eigenvalue weighted by Gasteiger charge is -2.03. The molecule has 1 aliphatic rings. The van der Waals surface area contributed by atoms with Crippen LogP contribution in [0.2, 0.25) is 0 Å². The number of nitrogens with zero attached hydrogens (tertiary/aromatic N) is 1. The van der Waals surface area contributed by atoms with Gasteiger partial charge in [0.15, 0.2) is 0 Å². The highest BCUT2D eigenvalue weighted by Gasteiger charge is 2.14. The van der Waals surface area contributed by atoms with E-state index < -0.39 is 0 Å². The first-order valence-electron chi connectivity index (χ1n) is 4.41. The molecule has 1 N–H and O–H groups in total. The summed E-state index contributed by atoms with van der Waals surface area (Å²) in [5, 5.41) is 0. The summed E-state index contributed by atoms with van der Waals surface area (Å²) in [5.41, 5.74) is 2.49. The van der Waals surface area contributed by atoms with E-state index in [-0.39, 0.29) is 0 Å². The van der Waals surface area contributed by atoms with Crippen molar-refractivity contribution < 1.29 is 4.74 Å². The highest BCUT2D eigenvalue weighted by atomic mass is 32.1. The van der Waals surface area contributed by atoms with E-state index in [0.29, 0.717) is 6.61 Å². The molecule has 2 rings (SSSR count). The van der Waals surface area contributed by atoms with Crippen LogP contribution in [0.25, 0.3) is 0 Å². The van der Waals surface area contributed by atoms with Crippen LogP contribution >= 0.6 is 12.2 Å². The summed E-state index contributed by atoms with van der Waals surface area (Å²) in [6.07, 6.45) is 3.36. The average molecular weight is 196 g/mol. The summed E-state index contributed by atoms with van der Waals surface area (Å²) >= 11 is 5.19. The fourth-order valence-corrected chi connectivity index (χ4v) is 2.05. The Bertz CT molecular complexity index is 372. The molecule has 0 aromatic carbocycles. The van der Waals surface area contributed by atoms with Crippen LogP contribution in [0.4, 0.5) is 0 Å². The Hall–Kier alpha value is -0.740. The van der Waals surface area contributed by atoms with Crippen LogP contribution in [0.15, 0.2) is 0 Å². The van der Waals surface area contributed by atoms with Crippen LogP contribution in [0.5, 0.6) is 0 Å². The van der Waals surface area contributed by atoms with Crippen LogP contribution in [-0.4, -0.2) is 17.1 Å². The summed E-state index contributed by atoms with van der Waals surface area (Å²) < 4.78 is 5.75. The lowest BCUT2D eigenvalue weighted by atomic mass is 10.3. The Morgan fingerprint density at radius 1 is 1.54 bits per heavy atom. The zero-order valence-electron chi connectivity index (χ0n) is 7.59. The van der Waals surface area contributed by atoms with Crippen molar-refractivity contribution in [2.75, 3.05) is 7.11 Å². The third-order valence-corrected chi connectivity index (χ3v) is 2.63. The standard InChI is InChI=1S/C9H12N2OS/c1-12-5-8-10-7-4-2-3-6(7)9(13)11-8/h2-5H2,1H3,(H,10,11,13). The van der Waals surface area contributed by atoms with E-state index in [2.05, 4.69) is 9.97 Å². The molecule has 0 bridgehead atoms. The molecule has 0 amide bonds. The number of aromatic nitrogens is 2. The second-order valence-electron chi connectivity index (χ2n) is 3.23. The molecule has 0 atom stereocenters. The number of H-pyrrole nitrogens is 1. The van der Waals surface area contributed by atoms with Crippen LogP contribution in [0.1, 0.15) is 23.5 Å². The maximum Gasteiger partial charge on any atom is 0.134 e. The van der Waals surface area contributed by atoms with Crippen molar-refractivity contribution in [1.82, 2.24) is 9.97 Å². The lowest BCUT2D eigenvalue weighted by Crippen LogP contribution is -2.01. The van der Waals surface area contributed by atoms with Gasteiger partial charge in [0, 0.05) is 18.4 Å². The fraction of sp³-hybridized carbons (Fsp3) is 0.556. The molecule has 13 heavy (non-hydrogen) atoms. The van der Waals surface area contributed by atoms with Crippen molar-refractivity contribution in [3.8, 4) is 0 Å². The second-order valence-corrected chi connectivity index (χ2v) is 3.62. The van der Waals surface area contributed by atoms with E-state index in [9.17, 15) is 0 Å². The quantitative estimate of drug-likeness (QED) is 0.733. The second kappa shape index (κ2) is 3.55. The van der Waals surface area contributed by atoms with Crippen molar-refractivity contribution in [2.45, 2.75) is 25.9 Å². The molecule has 0 fully saturated rings. The monoisotopic (exact) mass is 196 g/mol. The minimum atomic E-state index is 0.511. The van der Waals surface area contributed by atoms with Gasteiger partial charge in [0.1, 0.15) is 17.1 Å². The van der Waals surface area contributed by atoms with Gasteiger partial charge in [0.25, 0.3) is 0 Å². The van der Waals surface area contributed by atoms with Gasteiger partial charge in [-0.05, 0) is 19.3 Å². The topological polar surface area (TPSA) is 37.9 Å². The van der Waals surface area contributed by atoms with Crippen molar-refractivity contribution in [3.63, 3.8) is 0 Å². The number of ether oxygens (including phenoxy) is 1. The average Bonchev–Trinajstić information content (AvgIpc) is 2.53. The number of rotatable bonds is 2. The van der Waals surface area contributed by atoms with Gasteiger partial charge in [0.2, 0.25) is 0 Å². The number of aryl methyl sites for hydroxylation is 1. The zero-order valence-corrected chi connectivity index (χ0v) is 8.41. The molecule has 0 saturated heterocycles. The van der Waals surface area contributed by atoms with Gasteiger partial charge in [-0.25, -0.2) is 4.98 Å². The Morgan fingerprint density at radius 2 is 2.38 bits per heavy atom. The molecule has 1 aromatic heterocycles. The first kappa shape index (κ1) is 8.84. The van der Waals surface area contributed by atoms with Crippen LogP contribution in [0, 0.1) is 4.64 Å². The molecule has 0 aliphatic heterocycles. The predicted molar refractivity (Wildman–Crippen MR) is 52.2 cm³/mol. The van der Waals surface area contributed by atoms with E-state index >= 15 is 0 Å². The van der Waals surface area contributed by atoms with Crippen molar-refractivity contribution in [3.05, 3.63) is 21.7 Å². The normalized spacial score (nSPS) is 14.5. The van der Waals surface area contributed by atoms with Crippen LogP contribution < -0.4 is 0 Å². The molecule has 1 heterocycles. The first-order chi connectivity index (χ1) is 6.31. The van der Waals surface area contributed by atoms with Gasteiger partial charge >= 0.3 is 0 Å². The van der Waals surface area contributed by atoms with E-state index in [4.69, 9.17) is 17.0 Å². The third-order valence-electron chi connectivity index (χ3n) is 2.29.